The minimum atomic E-state index is -0.991. The van der Waals surface area contributed by atoms with Crippen LogP contribution in [0, 0.1) is 0 Å². The molecule has 0 bridgehead atoms. The van der Waals surface area contributed by atoms with Gasteiger partial charge in [-0.1, -0.05) is 6.07 Å². The van der Waals surface area contributed by atoms with E-state index in [-0.39, 0.29) is 19.1 Å². The molecule has 1 amide bonds. The summed E-state index contributed by atoms with van der Waals surface area (Å²) in [5, 5.41) is 13.7. The van der Waals surface area contributed by atoms with Gasteiger partial charge in [0, 0.05) is 18.0 Å². The summed E-state index contributed by atoms with van der Waals surface area (Å²) in [5.41, 5.74) is 3.00. The summed E-state index contributed by atoms with van der Waals surface area (Å²) in [6.45, 7) is 1.73. The van der Waals surface area contributed by atoms with E-state index in [0.717, 1.165) is 16.6 Å². The number of carbonyl (C=O) groups is 2. The van der Waals surface area contributed by atoms with E-state index in [4.69, 9.17) is 9.84 Å². The van der Waals surface area contributed by atoms with Gasteiger partial charge in [-0.15, -0.1) is 0 Å². The summed E-state index contributed by atoms with van der Waals surface area (Å²) in [4.78, 5) is 37.4. The normalized spacial score (nSPS) is 10.5. The Labute approximate surface area is 147 Å². The number of aromatic amines is 1. The van der Waals surface area contributed by atoms with E-state index >= 15 is 0 Å². The minimum Gasteiger partial charge on any atom is -0.480 e. The fourth-order valence-electron chi connectivity index (χ4n) is 2.24. The van der Waals surface area contributed by atoms with Gasteiger partial charge in [0.25, 0.3) is 0 Å². The van der Waals surface area contributed by atoms with Crippen LogP contribution in [0.15, 0.2) is 30.6 Å². The smallest absolute Gasteiger partial charge is 0.413 e. The largest absolute Gasteiger partial charge is 0.480 e. The second kappa shape index (κ2) is 7.47. The molecule has 134 valence electrons. The van der Waals surface area contributed by atoms with Crippen molar-refractivity contribution in [3.8, 4) is 11.1 Å². The Balaban J connectivity index is 1.78. The number of fused-ring (bicyclic) bond motifs is 1. The highest BCUT2D eigenvalue weighted by Gasteiger charge is 2.09. The number of imidazole rings is 1. The molecule has 0 radical (unpaired) electrons. The molecular weight excluding hydrogens is 340 g/mol. The number of hydrogen-bond donors (Lipinski definition) is 4. The van der Waals surface area contributed by atoms with Gasteiger partial charge in [0.1, 0.15) is 6.54 Å². The van der Waals surface area contributed by atoms with Crippen molar-refractivity contribution in [1.82, 2.24) is 19.9 Å². The van der Waals surface area contributed by atoms with Crippen LogP contribution >= 0.6 is 0 Å². The number of rotatable bonds is 6. The van der Waals surface area contributed by atoms with Gasteiger partial charge in [-0.2, -0.15) is 0 Å². The standard InChI is InChI=1S/C16H16N6O4/c1-2-26-16(25)22-15-20-11-4-3-9(5-12(11)21-15)10-6-17-14(18-7-10)19-8-13(23)24/h3-7H,2,8H2,1H3,(H,23,24)(H,17,18,19)(H2,20,21,22,25). The zero-order valence-electron chi connectivity index (χ0n) is 13.8. The molecule has 10 heteroatoms. The van der Waals surface area contributed by atoms with E-state index in [9.17, 15) is 9.59 Å². The molecular formula is C16H16N6O4. The highest BCUT2D eigenvalue weighted by Crippen LogP contribution is 2.23. The van der Waals surface area contributed by atoms with Gasteiger partial charge in [0.15, 0.2) is 0 Å². The summed E-state index contributed by atoms with van der Waals surface area (Å²) in [7, 11) is 0. The molecule has 4 N–H and O–H groups in total. The van der Waals surface area contributed by atoms with Gasteiger partial charge in [0.2, 0.25) is 11.9 Å². The highest BCUT2D eigenvalue weighted by molar-refractivity contribution is 5.88. The fourth-order valence-corrected chi connectivity index (χ4v) is 2.24. The topological polar surface area (TPSA) is 142 Å². The number of nitrogens with zero attached hydrogens (tertiary/aromatic N) is 3. The summed E-state index contributed by atoms with van der Waals surface area (Å²) < 4.78 is 4.81. The Morgan fingerprint density at radius 1 is 1.23 bits per heavy atom. The molecule has 26 heavy (non-hydrogen) atoms. The first kappa shape index (κ1) is 17.1. The van der Waals surface area contributed by atoms with Crippen molar-refractivity contribution in [2.75, 3.05) is 23.8 Å². The van der Waals surface area contributed by atoms with E-state index in [1.54, 1.807) is 25.4 Å². The molecule has 0 unspecified atom stereocenters. The van der Waals surface area contributed by atoms with E-state index in [1.807, 2.05) is 12.1 Å². The molecule has 0 saturated heterocycles. The van der Waals surface area contributed by atoms with E-state index < -0.39 is 12.1 Å². The number of H-pyrrole nitrogens is 1. The lowest BCUT2D eigenvalue weighted by Crippen LogP contribution is -2.14. The Kier molecular flexibility index (Phi) is 4.92. The molecule has 0 spiro atoms. The van der Waals surface area contributed by atoms with Crippen LogP contribution < -0.4 is 10.6 Å². The van der Waals surface area contributed by atoms with E-state index in [0.29, 0.717) is 11.5 Å². The van der Waals surface area contributed by atoms with Crippen LogP contribution in [0.4, 0.5) is 16.7 Å². The maximum Gasteiger partial charge on any atom is 0.413 e. The average molecular weight is 356 g/mol. The molecule has 1 aromatic carbocycles. The summed E-state index contributed by atoms with van der Waals surface area (Å²) in [6, 6.07) is 5.50. The Bertz CT molecular complexity index is 938. The van der Waals surface area contributed by atoms with Crippen LogP contribution in [0.5, 0.6) is 0 Å². The first-order valence-electron chi connectivity index (χ1n) is 7.77. The van der Waals surface area contributed by atoms with Gasteiger partial charge in [-0.3, -0.25) is 10.1 Å². The Morgan fingerprint density at radius 3 is 2.69 bits per heavy atom. The van der Waals surface area contributed by atoms with Crippen molar-refractivity contribution in [1.29, 1.82) is 0 Å². The Hall–Kier alpha value is -3.69. The van der Waals surface area contributed by atoms with Crippen molar-refractivity contribution in [3.63, 3.8) is 0 Å². The molecule has 3 aromatic rings. The van der Waals surface area contributed by atoms with Crippen molar-refractivity contribution in [2.24, 2.45) is 0 Å². The van der Waals surface area contributed by atoms with Gasteiger partial charge in [-0.25, -0.2) is 19.7 Å². The van der Waals surface area contributed by atoms with Crippen LogP contribution in [-0.2, 0) is 9.53 Å². The average Bonchev–Trinajstić information content (AvgIpc) is 3.01. The van der Waals surface area contributed by atoms with Crippen LogP contribution in [-0.4, -0.2) is 50.3 Å². The van der Waals surface area contributed by atoms with Gasteiger partial charge >= 0.3 is 12.1 Å². The predicted octanol–water partition coefficient (Wildman–Crippen LogP) is 2.08. The number of nitrogens with one attached hydrogen (secondary N) is 3. The third kappa shape index (κ3) is 4.04. The maximum atomic E-state index is 11.5. The maximum absolute atomic E-state index is 11.5. The molecule has 0 aliphatic heterocycles. The quantitative estimate of drug-likeness (QED) is 0.526. The zero-order valence-corrected chi connectivity index (χ0v) is 13.8. The number of aliphatic carboxylic acids is 1. The molecule has 2 aromatic heterocycles. The molecule has 0 fully saturated rings. The molecule has 10 nitrogen and oxygen atoms in total. The number of hydrogen-bond acceptors (Lipinski definition) is 7. The second-order valence-corrected chi connectivity index (χ2v) is 5.21. The lowest BCUT2D eigenvalue weighted by atomic mass is 10.1. The van der Waals surface area contributed by atoms with E-state index in [2.05, 4.69) is 30.6 Å². The van der Waals surface area contributed by atoms with Crippen molar-refractivity contribution in [2.45, 2.75) is 6.92 Å². The third-order valence-electron chi connectivity index (χ3n) is 3.36. The molecule has 0 saturated carbocycles. The highest BCUT2D eigenvalue weighted by atomic mass is 16.5. The number of carboxylic acid groups (broad SMARTS) is 1. The van der Waals surface area contributed by atoms with Crippen LogP contribution in [0.25, 0.3) is 22.2 Å². The van der Waals surface area contributed by atoms with Gasteiger partial charge < -0.3 is 20.1 Å². The first-order valence-corrected chi connectivity index (χ1v) is 7.77. The minimum absolute atomic E-state index is 0.236. The first-order chi connectivity index (χ1) is 12.5. The van der Waals surface area contributed by atoms with Crippen LogP contribution in [0.1, 0.15) is 6.92 Å². The predicted molar refractivity (Wildman–Crippen MR) is 93.9 cm³/mol. The Morgan fingerprint density at radius 2 is 2.00 bits per heavy atom. The number of carbonyl (C=O) groups excluding carboxylic acids is 1. The fraction of sp³-hybridized carbons (Fsp3) is 0.188. The lowest BCUT2D eigenvalue weighted by Gasteiger charge is -2.04. The van der Waals surface area contributed by atoms with Gasteiger partial charge in [0.05, 0.1) is 17.6 Å². The number of anilines is 2. The van der Waals surface area contributed by atoms with Crippen LogP contribution in [0.2, 0.25) is 0 Å². The van der Waals surface area contributed by atoms with E-state index in [1.165, 1.54) is 0 Å². The third-order valence-corrected chi connectivity index (χ3v) is 3.36. The number of aromatic nitrogens is 4. The number of benzene rings is 1. The van der Waals surface area contributed by atoms with Crippen molar-refractivity contribution < 1.29 is 19.4 Å². The molecule has 0 aliphatic rings. The SMILES string of the molecule is CCOC(=O)Nc1nc2ccc(-c3cnc(NCC(=O)O)nc3)cc2[nH]1. The summed E-state index contributed by atoms with van der Waals surface area (Å²) in [5.74, 6) is -0.464. The summed E-state index contributed by atoms with van der Waals surface area (Å²) >= 11 is 0. The summed E-state index contributed by atoms with van der Waals surface area (Å²) in [6.07, 6.45) is 2.60. The molecule has 2 heterocycles. The monoisotopic (exact) mass is 356 g/mol. The lowest BCUT2D eigenvalue weighted by molar-refractivity contribution is -0.134. The zero-order chi connectivity index (χ0) is 18.5. The number of ether oxygens (including phenoxy) is 1. The number of amides is 1. The van der Waals surface area contributed by atoms with Crippen molar-refractivity contribution in [3.05, 3.63) is 30.6 Å². The van der Waals surface area contributed by atoms with Gasteiger partial charge in [-0.05, 0) is 24.6 Å². The number of carboxylic acids is 1. The van der Waals surface area contributed by atoms with Crippen LogP contribution in [0.3, 0.4) is 0 Å². The molecule has 0 aliphatic carbocycles. The molecule has 0 atom stereocenters. The second-order valence-electron chi connectivity index (χ2n) is 5.21. The molecule has 3 rings (SSSR count). The van der Waals surface area contributed by atoms with Crippen molar-refractivity contribution >= 4 is 35.0 Å².